The summed E-state index contributed by atoms with van der Waals surface area (Å²) in [6.07, 6.45) is 3.62. The van der Waals surface area contributed by atoms with Crippen LogP contribution in [0.1, 0.15) is 48.9 Å². The maximum absolute atomic E-state index is 3.38. The second-order valence-corrected chi connectivity index (χ2v) is 8.42. The topological polar surface area (TPSA) is 0 Å². The van der Waals surface area contributed by atoms with Gasteiger partial charge in [-0.2, -0.15) is 47.5 Å². The summed E-state index contributed by atoms with van der Waals surface area (Å²) >= 11 is 1.62. The van der Waals surface area contributed by atoms with Gasteiger partial charge in [-0.3, -0.25) is 0 Å². The fourth-order valence-corrected chi connectivity index (χ4v) is 2.88. The van der Waals surface area contributed by atoms with Gasteiger partial charge in [0.15, 0.2) is 0 Å². The van der Waals surface area contributed by atoms with Crippen LogP contribution in [-0.2, 0) is 30.7 Å². The summed E-state index contributed by atoms with van der Waals surface area (Å²) in [5.41, 5.74) is 8.21. The van der Waals surface area contributed by atoms with Gasteiger partial charge >= 0.3 is 54.1 Å². The van der Waals surface area contributed by atoms with Gasteiger partial charge in [-0.25, -0.2) is 12.1 Å². The van der Waals surface area contributed by atoms with Gasteiger partial charge in [0, 0.05) is 0 Å². The maximum Gasteiger partial charge on any atom is -0.0253 e. The first-order valence-electron chi connectivity index (χ1n) is 9.39. The molecule has 0 fully saturated rings. The van der Waals surface area contributed by atoms with E-state index in [1.54, 1.807) is 27.4 Å². The molecule has 0 radical (unpaired) electrons. The molecule has 0 aromatic heterocycles. The minimum Gasteiger partial charge on any atom is -1.00 e. The van der Waals surface area contributed by atoms with E-state index in [0.29, 0.717) is 0 Å². The number of fused-ring (bicyclic) bond motifs is 3. The average molecular weight is 491 g/mol. The van der Waals surface area contributed by atoms with Crippen molar-refractivity contribution >= 4 is 3.21 Å². The molecule has 3 aromatic rings. The van der Waals surface area contributed by atoms with E-state index in [1.807, 2.05) is 30.3 Å². The number of aryl methyl sites for hydroxylation is 2. The van der Waals surface area contributed by atoms with E-state index in [-0.39, 0.29) is 24.8 Å². The zero-order chi connectivity index (χ0) is 18.9. The van der Waals surface area contributed by atoms with Crippen molar-refractivity contribution in [1.29, 1.82) is 0 Å². The Morgan fingerprint density at radius 3 is 2.07 bits per heavy atom. The molecule has 0 aliphatic heterocycles. The zero-order valence-electron chi connectivity index (χ0n) is 17.2. The predicted octanol–water partition coefficient (Wildman–Crippen LogP) is 0.614. The molecule has 0 bridgehead atoms. The molecule has 0 nitrogen and oxygen atoms in total. The smallest absolute Gasteiger partial charge is 0.0253 e. The van der Waals surface area contributed by atoms with Gasteiger partial charge in [-0.15, -0.1) is 5.56 Å². The van der Waals surface area contributed by atoms with Crippen LogP contribution in [0.25, 0.3) is 11.1 Å². The monoisotopic (exact) mass is 488 g/mol. The Balaban J connectivity index is 0.000000473. The van der Waals surface area contributed by atoms with Crippen LogP contribution in [0.4, 0.5) is 0 Å². The van der Waals surface area contributed by atoms with E-state index in [2.05, 4.69) is 64.1 Å². The minimum absolute atomic E-state index is 0. The van der Waals surface area contributed by atoms with Gasteiger partial charge in [0.1, 0.15) is 0 Å². The Morgan fingerprint density at radius 1 is 0.964 bits per heavy atom. The Kier molecular flexibility index (Phi) is 13.7. The molecule has 0 saturated carbocycles. The summed E-state index contributed by atoms with van der Waals surface area (Å²) in [5, 5.41) is 0. The number of rotatable bonds is 2. The fraction of sp³-hybridized carbons (Fsp3) is 0.280. The molecular weight excluding hydrogens is 462 g/mol. The van der Waals surface area contributed by atoms with Crippen molar-refractivity contribution in [2.24, 2.45) is 0 Å². The summed E-state index contributed by atoms with van der Waals surface area (Å²) in [4.78, 5) is 0. The molecule has 3 heteroatoms. The molecule has 1 aliphatic carbocycles. The first-order valence-corrected chi connectivity index (χ1v) is 10.6. The summed E-state index contributed by atoms with van der Waals surface area (Å²) in [5.74, 6) is 0. The van der Waals surface area contributed by atoms with Gasteiger partial charge < -0.3 is 24.8 Å². The van der Waals surface area contributed by atoms with Gasteiger partial charge in [0.25, 0.3) is 0 Å². The van der Waals surface area contributed by atoms with E-state index in [4.69, 9.17) is 0 Å². The third-order valence-corrected chi connectivity index (χ3v) is 6.24. The average Bonchev–Trinajstić information content (AvgIpc) is 3.33. The Bertz CT molecular complexity index is 763. The van der Waals surface area contributed by atoms with E-state index < -0.39 is 0 Å². The van der Waals surface area contributed by atoms with Crippen LogP contribution in [-0.4, -0.2) is 3.21 Å². The second kappa shape index (κ2) is 14.2. The summed E-state index contributed by atoms with van der Waals surface area (Å²) < 4.78 is 1.68. The Labute approximate surface area is 198 Å². The number of halogens is 2. The third-order valence-electron chi connectivity index (χ3n) is 4.50. The van der Waals surface area contributed by atoms with E-state index >= 15 is 0 Å². The molecule has 28 heavy (non-hydrogen) atoms. The van der Waals surface area contributed by atoms with Crippen molar-refractivity contribution in [2.45, 2.75) is 47.0 Å². The van der Waals surface area contributed by atoms with Crippen molar-refractivity contribution < 1.29 is 49.0 Å². The van der Waals surface area contributed by atoms with Gasteiger partial charge in [-0.1, -0.05) is 41.8 Å². The Hall–Kier alpha value is -0.877. The van der Waals surface area contributed by atoms with Crippen LogP contribution in [0.3, 0.4) is 0 Å². The first-order chi connectivity index (χ1) is 12.5. The van der Waals surface area contributed by atoms with Crippen LogP contribution in [0.2, 0.25) is 0 Å². The normalized spacial score (nSPS) is 9.93. The molecule has 1 aliphatic rings. The molecule has 0 spiro atoms. The van der Waals surface area contributed by atoms with Crippen molar-refractivity contribution in [3.63, 3.8) is 0 Å². The SMILES string of the molecule is CC[C](=[Zr+2])CC.Cc1c[c-]c2c(c1)-c1cc(C)ccc1C2.[Cl-].[Cl-].c1cc[cH-]c1. The zero-order valence-corrected chi connectivity index (χ0v) is 21.1. The second-order valence-electron chi connectivity index (χ2n) is 6.68. The van der Waals surface area contributed by atoms with E-state index in [1.165, 1.54) is 46.2 Å². The molecule has 0 amide bonds. The summed E-state index contributed by atoms with van der Waals surface area (Å²) in [7, 11) is 0. The van der Waals surface area contributed by atoms with Gasteiger partial charge in [0.2, 0.25) is 0 Å². The minimum atomic E-state index is 0. The summed E-state index contributed by atoms with van der Waals surface area (Å²) in [6.45, 7) is 8.71. The fourth-order valence-electron chi connectivity index (χ4n) is 2.88. The number of hydrogen-bond donors (Lipinski definition) is 0. The third kappa shape index (κ3) is 8.24. The number of benzene rings is 2. The molecule has 0 atom stereocenters. The molecule has 0 unspecified atom stereocenters. The van der Waals surface area contributed by atoms with E-state index in [9.17, 15) is 0 Å². The molecule has 4 rings (SSSR count). The van der Waals surface area contributed by atoms with Crippen LogP contribution in [0.5, 0.6) is 0 Å². The van der Waals surface area contributed by atoms with Crippen molar-refractivity contribution in [2.75, 3.05) is 0 Å². The quantitative estimate of drug-likeness (QED) is 0.362. The van der Waals surface area contributed by atoms with Gasteiger partial charge in [0.05, 0.1) is 0 Å². The van der Waals surface area contributed by atoms with Crippen molar-refractivity contribution in [1.82, 2.24) is 0 Å². The maximum atomic E-state index is 3.38. The predicted molar refractivity (Wildman–Crippen MR) is 111 cm³/mol. The molecule has 148 valence electrons. The molecule has 3 aromatic carbocycles. The molecular formula is C25H28Cl2Zr-2. The van der Waals surface area contributed by atoms with Crippen molar-refractivity contribution in [3.8, 4) is 11.1 Å². The van der Waals surface area contributed by atoms with E-state index in [0.717, 1.165) is 6.42 Å². The Morgan fingerprint density at radius 2 is 1.57 bits per heavy atom. The number of hydrogen-bond acceptors (Lipinski definition) is 0. The molecule has 0 N–H and O–H groups in total. The van der Waals surface area contributed by atoms with Crippen LogP contribution >= 0.6 is 0 Å². The molecule has 0 heterocycles. The largest absolute Gasteiger partial charge is 1.00 e. The van der Waals surface area contributed by atoms with Crippen LogP contribution in [0.15, 0.2) is 60.7 Å². The molecule has 0 saturated heterocycles. The van der Waals surface area contributed by atoms with Crippen LogP contribution in [0, 0.1) is 19.9 Å². The standard InChI is InChI=1S/C15H13.C5H5.C5H10.2ClH.Zr/c1-10-3-5-12-9-13-6-4-11(2)8-15(13)14(12)7-10;1-2-4-5-3-1;1-3-5-4-2;;;/h3-5,7-8H,9H2,1-2H3;1-5H;3-4H2,1-2H3;2*1H;/q2*-1;;;;+2/p-2. The summed E-state index contributed by atoms with van der Waals surface area (Å²) in [6, 6.07) is 24.5. The van der Waals surface area contributed by atoms with Crippen molar-refractivity contribution in [3.05, 3.63) is 89.0 Å². The first kappa shape index (κ1) is 27.1. The van der Waals surface area contributed by atoms with Crippen LogP contribution < -0.4 is 24.8 Å². The van der Waals surface area contributed by atoms with Gasteiger partial charge in [-0.05, 0) is 13.3 Å².